The molecule has 5 heteroatoms. The predicted molar refractivity (Wildman–Crippen MR) is 73.9 cm³/mol. The molecular weight excluding hydrogens is 265 g/mol. The van der Waals surface area contributed by atoms with Gasteiger partial charge in [-0.05, 0) is 37.5 Å². The molecule has 19 heavy (non-hydrogen) atoms. The van der Waals surface area contributed by atoms with Gasteiger partial charge in [-0.15, -0.1) is 0 Å². The minimum Gasteiger partial charge on any atom is -0.376 e. The van der Waals surface area contributed by atoms with Gasteiger partial charge >= 0.3 is 0 Å². The Morgan fingerprint density at radius 1 is 1.47 bits per heavy atom. The summed E-state index contributed by atoms with van der Waals surface area (Å²) in [5, 5.41) is 8.07. The molecule has 0 saturated heterocycles. The van der Waals surface area contributed by atoms with E-state index in [1.165, 1.54) is 11.8 Å². The molecule has 0 amide bonds. The van der Waals surface area contributed by atoms with Crippen LogP contribution in [0.25, 0.3) is 0 Å². The van der Waals surface area contributed by atoms with E-state index < -0.39 is 0 Å². The van der Waals surface area contributed by atoms with Crippen molar-refractivity contribution in [2.45, 2.75) is 25.3 Å². The number of aromatic nitrogens is 2. The van der Waals surface area contributed by atoms with Gasteiger partial charge in [0.05, 0.1) is 17.9 Å². The smallest absolute Gasteiger partial charge is 0.146 e. The van der Waals surface area contributed by atoms with Crippen molar-refractivity contribution in [3.05, 3.63) is 46.5 Å². The zero-order chi connectivity index (χ0) is 13.4. The lowest BCUT2D eigenvalue weighted by atomic mass is 9.93. The Labute approximate surface area is 116 Å². The van der Waals surface area contributed by atoms with Gasteiger partial charge in [-0.25, -0.2) is 4.39 Å². The Bertz CT molecular complexity index is 609. The molecule has 3 rings (SSSR count). The molecular formula is C14H15ClFN3. The summed E-state index contributed by atoms with van der Waals surface area (Å²) in [5.74, 6) is -0.277. The molecule has 0 radical (unpaired) electrons. The van der Waals surface area contributed by atoms with E-state index in [4.69, 9.17) is 11.6 Å². The molecule has 1 aliphatic rings. The number of hydrogen-bond donors (Lipinski definition) is 1. The van der Waals surface area contributed by atoms with Crippen LogP contribution in [-0.4, -0.2) is 9.78 Å². The zero-order valence-corrected chi connectivity index (χ0v) is 11.4. The first-order chi connectivity index (χ1) is 9.15. The number of nitrogens with one attached hydrogen (secondary N) is 1. The van der Waals surface area contributed by atoms with E-state index in [2.05, 4.69) is 10.4 Å². The minimum atomic E-state index is -0.277. The SMILES string of the molecule is Cn1ncc2c1CCCC2Nc1cc(Cl)ccc1F. The Morgan fingerprint density at radius 2 is 2.32 bits per heavy atom. The van der Waals surface area contributed by atoms with E-state index >= 15 is 0 Å². The Kier molecular flexibility index (Phi) is 3.19. The largest absolute Gasteiger partial charge is 0.376 e. The summed E-state index contributed by atoms with van der Waals surface area (Å²) in [6.07, 6.45) is 4.95. The van der Waals surface area contributed by atoms with Crippen LogP contribution in [0, 0.1) is 5.82 Å². The number of hydrogen-bond acceptors (Lipinski definition) is 2. The van der Waals surface area contributed by atoms with Crippen molar-refractivity contribution in [3.8, 4) is 0 Å². The Balaban J connectivity index is 1.90. The predicted octanol–water partition coefficient (Wildman–Crippen LogP) is 3.70. The summed E-state index contributed by atoms with van der Waals surface area (Å²) in [6, 6.07) is 4.67. The van der Waals surface area contributed by atoms with Crippen LogP contribution in [0.5, 0.6) is 0 Å². The molecule has 0 saturated carbocycles. The van der Waals surface area contributed by atoms with Crippen LogP contribution in [0.3, 0.4) is 0 Å². The molecule has 1 unspecified atom stereocenters. The second-order valence-electron chi connectivity index (χ2n) is 4.88. The number of aryl methyl sites for hydroxylation is 1. The summed E-state index contributed by atoms with van der Waals surface area (Å²) in [5.41, 5.74) is 2.84. The van der Waals surface area contributed by atoms with Crippen molar-refractivity contribution < 1.29 is 4.39 Å². The molecule has 0 fully saturated rings. The van der Waals surface area contributed by atoms with Crippen molar-refractivity contribution in [2.75, 3.05) is 5.32 Å². The van der Waals surface area contributed by atoms with Gasteiger partial charge in [0.1, 0.15) is 5.82 Å². The highest BCUT2D eigenvalue weighted by Gasteiger charge is 2.23. The third-order valence-electron chi connectivity index (χ3n) is 3.63. The number of benzene rings is 1. The van der Waals surface area contributed by atoms with Crippen LogP contribution in [-0.2, 0) is 13.5 Å². The monoisotopic (exact) mass is 279 g/mol. The number of halogens is 2. The van der Waals surface area contributed by atoms with Crippen LogP contribution in [0.2, 0.25) is 5.02 Å². The molecule has 1 aromatic heterocycles. The highest BCUT2D eigenvalue weighted by molar-refractivity contribution is 6.30. The van der Waals surface area contributed by atoms with Crippen LogP contribution >= 0.6 is 11.6 Å². The van der Waals surface area contributed by atoms with Gasteiger partial charge < -0.3 is 5.32 Å². The van der Waals surface area contributed by atoms with E-state index in [1.54, 1.807) is 12.1 Å². The molecule has 0 aliphatic heterocycles. The fraction of sp³-hybridized carbons (Fsp3) is 0.357. The first-order valence-electron chi connectivity index (χ1n) is 6.37. The van der Waals surface area contributed by atoms with E-state index in [9.17, 15) is 4.39 Å². The van der Waals surface area contributed by atoms with Gasteiger partial charge in [-0.2, -0.15) is 5.10 Å². The first kappa shape index (κ1) is 12.5. The van der Waals surface area contributed by atoms with E-state index in [1.807, 2.05) is 17.9 Å². The first-order valence-corrected chi connectivity index (χ1v) is 6.75. The van der Waals surface area contributed by atoms with Crippen LogP contribution in [0.15, 0.2) is 24.4 Å². The third kappa shape index (κ3) is 2.32. The molecule has 1 aromatic carbocycles. The maximum Gasteiger partial charge on any atom is 0.146 e. The lowest BCUT2D eigenvalue weighted by Crippen LogP contribution is -2.18. The van der Waals surface area contributed by atoms with E-state index in [-0.39, 0.29) is 11.9 Å². The van der Waals surface area contributed by atoms with Gasteiger partial charge in [-0.1, -0.05) is 11.6 Å². The number of fused-ring (bicyclic) bond motifs is 1. The van der Waals surface area contributed by atoms with Gasteiger partial charge in [-0.3, -0.25) is 4.68 Å². The maximum atomic E-state index is 13.8. The van der Waals surface area contributed by atoms with Gasteiger partial charge in [0.25, 0.3) is 0 Å². The molecule has 1 heterocycles. The maximum absolute atomic E-state index is 13.8. The fourth-order valence-corrected chi connectivity index (χ4v) is 2.82. The molecule has 3 nitrogen and oxygen atoms in total. The summed E-state index contributed by atoms with van der Waals surface area (Å²) >= 11 is 5.92. The summed E-state index contributed by atoms with van der Waals surface area (Å²) < 4.78 is 15.7. The molecule has 0 bridgehead atoms. The average Bonchev–Trinajstić information content (AvgIpc) is 2.77. The quantitative estimate of drug-likeness (QED) is 0.908. The van der Waals surface area contributed by atoms with Crippen LogP contribution in [0.1, 0.15) is 30.1 Å². The third-order valence-corrected chi connectivity index (χ3v) is 3.87. The molecule has 1 aliphatic carbocycles. The highest BCUT2D eigenvalue weighted by Crippen LogP contribution is 2.33. The fourth-order valence-electron chi connectivity index (χ4n) is 2.65. The van der Waals surface area contributed by atoms with Gasteiger partial charge in [0.2, 0.25) is 0 Å². The summed E-state index contributed by atoms with van der Waals surface area (Å²) in [7, 11) is 1.95. The van der Waals surface area contributed by atoms with Crippen molar-refractivity contribution in [1.29, 1.82) is 0 Å². The summed E-state index contributed by atoms with van der Waals surface area (Å²) in [4.78, 5) is 0. The molecule has 0 spiro atoms. The van der Waals surface area contributed by atoms with Gasteiger partial charge in [0.15, 0.2) is 0 Å². The number of rotatable bonds is 2. The van der Waals surface area contributed by atoms with Crippen molar-refractivity contribution in [1.82, 2.24) is 9.78 Å². The molecule has 1 atom stereocenters. The van der Waals surface area contributed by atoms with Crippen molar-refractivity contribution in [3.63, 3.8) is 0 Å². The molecule has 1 N–H and O–H groups in total. The average molecular weight is 280 g/mol. The highest BCUT2D eigenvalue weighted by atomic mass is 35.5. The van der Waals surface area contributed by atoms with Crippen molar-refractivity contribution >= 4 is 17.3 Å². The van der Waals surface area contributed by atoms with Crippen molar-refractivity contribution in [2.24, 2.45) is 7.05 Å². The topological polar surface area (TPSA) is 29.9 Å². The lowest BCUT2D eigenvalue weighted by molar-refractivity contribution is 0.564. The number of nitrogens with zero attached hydrogens (tertiary/aromatic N) is 2. The van der Waals surface area contributed by atoms with E-state index in [0.717, 1.165) is 24.8 Å². The minimum absolute atomic E-state index is 0.102. The normalized spacial score (nSPS) is 18.2. The number of anilines is 1. The van der Waals surface area contributed by atoms with E-state index in [0.29, 0.717) is 10.7 Å². The van der Waals surface area contributed by atoms with Crippen LogP contribution in [0.4, 0.5) is 10.1 Å². The second kappa shape index (κ2) is 4.85. The zero-order valence-electron chi connectivity index (χ0n) is 10.7. The standard InChI is InChI=1S/C14H15ClFN3/c1-19-14-4-2-3-12(10(14)8-17-19)18-13-7-9(15)5-6-11(13)16/h5-8,12,18H,2-4H2,1H3. The second-order valence-corrected chi connectivity index (χ2v) is 5.32. The molecule has 2 aromatic rings. The Hall–Kier alpha value is -1.55. The van der Waals surface area contributed by atoms with Gasteiger partial charge in [0, 0.05) is 23.3 Å². The summed E-state index contributed by atoms with van der Waals surface area (Å²) in [6.45, 7) is 0. The molecule has 100 valence electrons. The lowest BCUT2D eigenvalue weighted by Gasteiger charge is -2.25. The van der Waals surface area contributed by atoms with Crippen LogP contribution < -0.4 is 5.32 Å². The Morgan fingerprint density at radius 3 is 3.16 bits per heavy atom.